The molecule has 7 nitrogen and oxygen atoms in total. The summed E-state index contributed by atoms with van der Waals surface area (Å²) in [6.07, 6.45) is 3.24. The van der Waals surface area contributed by atoms with Crippen LogP contribution in [0.1, 0.15) is 43.0 Å². The van der Waals surface area contributed by atoms with Crippen LogP contribution in [0.4, 0.5) is 0 Å². The second kappa shape index (κ2) is 12.0. The number of nitrogens with one attached hydrogen (secondary N) is 1. The monoisotopic (exact) mass is 439 g/mol. The molecule has 0 atom stereocenters. The fourth-order valence-electron chi connectivity index (χ4n) is 4.39. The zero-order valence-corrected chi connectivity index (χ0v) is 20.6. The van der Waals surface area contributed by atoms with Crippen molar-refractivity contribution in [2.24, 2.45) is 12.0 Å². The first-order valence-corrected chi connectivity index (χ1v) is 11.9. The lowest BCUT2D eigenvalue weighted by molar-refractivity contribution is 0.126. The quantitative estimate of drug-likeness (QED) is 0.370. The van der Waals surface area contributed by atoms with Gasteiger partial charge >= 0.3 is 0 Å². The molecule has 1 aliphatic heterocycles. The molecule has 1 aliphatic rings. The Bertz CT molecular complexity index is 835. The standard InChI is InChI=1S/C25H41N7/c1-21(2)24-23(20-30(5)28-24)19-29(4)25(26-3)27-12-9-13-31-14-16-32(17-15-31)18-22-10-7-6-8-11-22/h6-8,10-11,20-21H,9,12-19H2,1-5H3,(H,26,27). The molecule has 0 amide bonds. The van der Waals surface area contributed by atoms with Gasteiger partial charge < -0.3 is 15.1 Å². The third-order valence-electron chi connectivity index (χ3n) is 6.11. The molecule has 3 rings (SSSR count). The van der Waals surface area contributed by atoms with E-state index in [0.717, 1.165) is 64.7 Å². The van der Waals surface area contributed by atoms with Gasteiger partial charge in [-0.05, 0) is 24.4 Å². The van der Waals surface area contributed by atoms with Crippen LogP contribution in [0.2, 0.25) is 0 Å². The zero-order chi connectivity index (χ0) is 22.9. The third-order valence-corrected chi connectivity index (χ3v) is 6.11. The van der Waals surface area contributed by atoms with Crippen molar-refractivity contribution in [2.45, 2.75) is 39.3 Å². The van der Waals surface area contributed by atoms with E-state index in [1.54, 1.807) is 0 Å². The van der Waals surface area contributed by atoms with E-state index >= 15 is 0 Å². The van der Waals surface area contributed by atoms with Crippen molar-refractivity contribution in [3.05, 3.63) is 53.3 Å². The van der Waals surface area contributed by atoms with Crippen LogP contribution in [-0.4, -0.2) is 83.8 Å². The van der Waals surface area contributed by atoms with E-state index in [2.05, 4.69) is 87.5 Å². The predicted molar refractivity (Wildman–Crippen MR) is 133 cm³/mol. The molecule has 0 saturated carbocycles. The van der Waals surface area contributed by atoms with E-state index in [0.29, 0.717) is 5.92 Å². The molecule has 1 aromatic heterocycles. The minimum atomic E-state index is 0.419. The molecule has 176 valence electrons. The lowest BCUT2D eigenvalue weighted by Gasteiger charge is -2.34. The number of benzene rings is 1. The summed E-state index contributed by atoms with van der Waals surface area (Å²) in [6.45, 7) is 12.9. The summed E-state index contributed by atoms with van der Waals surface area (Å²) in [5.74, 6) is 1.36. The van der Waals surface area contributed by atoms with Crippen LogP contribution in [0.25, 0.3) is 0 Å². The number of rotatable bonds is 9. The number of piperazine rings is 1. The van der Waals surface area contributed by atoms with Gasteiger partial charge in [0.05, 0.1) is 5.69 Å². The van der Waals surface area contributed by atoms with Gasteiger partial charge in [0.1, 0.15) is 0 Å². The summed E-state index contributed by atoms with van der Waals surface area (Å²) >= 11 is 0. The first-order chi connectivity index (χ1) is 15.5. The van der Waals surface area contributed by atoms with E-state index in [4.69, 9.17) is 0 Å². The number of hydrogen-bond donors (Lipinski definition) is 1. The molecule has 0 radical (unpaired) electrons. The van der Waals surface area contributed by atoms with Gasteiger partial charge in [-0.3, -0.25) is 14.6 Å². The van der Waals surface area contributed by atoms with Gasteiger partial charge in [-0.15, -0.1) is 0 Å². The molecule has 2 aromatic rings. The lowest BCUT2D eigenvalue weighted by atomic mass is 10.1. The Balaban J connectivity index is 1.36. The molecule has 0 unspecified atom stereocenters. The topological polar surface area (TPSA) is 51.9 Å². The zero-order valence-electron chi connectivity index (χ0n) is 20.6. The molecular formula is C25H41N7. The van der Waals surface area contributed by atoms with Crippen LogP contribution in [0, 0.1) is 0 Å². The first kappa shape index (κ1) is 24.3. The van der Waals surface area contributed by atoms with E-state index < -0.39 is 0 Å². The molecule has 1 saturated heterocycles. The minimum absolute atomic E-state index is 0.419. The third kappa shape index (κ3) is 7.07. The van der Waals surface area contributed by atoms with Crippen molar-refractivity contribution in [3.63, 3.8) is 0 Å². The Morgan fingerprint density at radius 1 is 1.12 bits per heavy atom. The van der Waals surface area contributed by atoms with Crippen molar-refractivity contribution in [2.75, 3.05) is 53.4 Å². The molecule has 0 bridgehead atoms. The molecule has 0 aliphatic carbocycles. The smallest absolute Gasteiger partial charge is 0.193 e. The molecular weight excluding hydrogens is 398 g/mol. The molecule has 7 heteroatoms. The molecule has 1 aromatic carbocycles. The number of aliphatic imine (C=N–C) groups is 1. The van der Waals surface area contributed by atoms with Crippen molar-refractivity contribution in [1.82, 2.24) is 29.8 Å². The number of guanidine groups is 1. The highest BCUT2D eigenvalue weighted by Crippen LogP contribution is 2.18. The lowest BCUT2D eigenvalue weighted by Crippen LogP contribution is -2.46. The maximum atomic E-state index is 4.62. The largest absolute Gasteiger partial charge is 0.356 e. The normalized spacial score (nSPS) is 16.0. The van der Waals surface area contributed by atoms with Crippen LogP contribution < -0.4 is 5.32 Å². The van der Waals surface area contributed by atoms with Crippen molar-refractivity contribution in [1.29, 1.82) is 0 Å². The first-order valence-electron chi connectivity index (χ1n) is 11.9. The van der Waals surface area contributed by atoms with Gasteiger partial charge in [0, 0.05) is 78.7 Å². The Kier molecular flexibility index (Phi) is 9.11. The fourth-order valence-corrected chi connectivity index (χ4v) is 4.39. The molecule has 32 heavy (non-hydrogen) atoms. The van der Waals surface area contributed by atoms with Gasteiger partial charge in [-0.1, -0.05) is 44.2 Å². The summed E-state index contributed by atoms with van der Waals surface area (Å²) in [5, 5.41) is 8.16. The number of hydrogen-bond acceptors (Lipinski definition) is 4. The van der Waals surface area contributed by atoms with E-state index in [-0.39, 0.29) is 0 Å². The summed E-state index contributed by atoms with van der Waals surface area (Å²) in [5.41, 5.74) is 3.84. The summed E-state index contributed by atoms with van der Waals surface area (Å²) < 4.78 is 1.91. The van der Waals surface area contributed by atoms with Gasteiger partial charge in [0.25, 0.3) is 0 Å². The molecule has 1 fully saturated rings. The van der Waals surface area contributed by atoms with Crippen molar-refractivity contribution in [3.8, 4) is 0 Å². The molecule has 0 spiro atoms. The fraction of sp³-hybridized carbons (Fsp3) is 0.600. The second-order valence-corrected chi connectivity index (χ2v) is 9.15. The Hall–Kier alpha value is -2.38. The average molecular weight is 440 g/mol. The highest BCUT2D eigenvalue weighted by molar-refractivity contribution is 5.79. The number of aromatic nitrogens is 2. The van der Waals surface area contributed by atoms with Crippen molar-refractivity contribution >= 4 is 5.96 Å². The summed E-state index contributed by atoms with van der Waals surface area (Å²) in [6, 6.07) is 10.8. The molecule has 2 heterocycles. The van der Waals surface area contributed by atoms with Crippen LogP contribution in [0.15, 0.2) is 41.5 Å². The second-order valence-electron chi connectivity index (χ2n) is 9.15. The van der Waals surface area contributed by atoms with Crippen LogP contribution >= 0.6 is 0 Å². The van der Waals surface area contributed by atoms with E-state index in [9.17, 15) is 0 Å². The maximum Gasteiger partial charge on any atom is 0.193 e. The Morgan fingerprint density at radius 3 is 2.47 bits per heavy atom. The summed E-state index contributed by atoms with van der Waals surface area (Å²) in [4.78, 5) is 11.8. The number of aryl methyl sites for hydroxylation is 1. The Morgan fingerprint density at radius 2 is 1.81 bits per heavy atom. The maximum absolute atomic E-state index is 4.62. The van der Waals surface area contributed by atoms with E-state index in [1.165, 1.54) is 16.8 Å². The average Bonchev–Trinajstić information content (AvgIpc) is 3.16. The Labute approximate surface area is 194 Å². The minimum Gasteiger partial charge on any atom is -0.356 e. The van der Waals surface area contributed by atoms with Gasteiger partial charge in [0.15, 0.2) is 5.96 Å². The predicted octanol–water partition coefficient (Wildman–Crippen LogP) is 2.76. The van der Waals surface area contributed by atoms with Crippen LogP contribution in [-0.2, 0) is 20.1 Å². The highest BCUT2D eigenvalue weighted by Gasteiger charge is 2.17. The van der Waals surface area contributed by atoms with Gasteiger partial charge in [0.2, 0.25) is 0 Å². The SMILES string of the molecule is CN=C(NCCCN1CCN(Cc2ccccc2)CC1)N(C)Cc1cn(C)nc1C(C)C. The number of nitrogens with zero attached hydrogens (tertiary/aromatic N) is 6. The highest BCUT2D eigenvalue weighted by atomic mass is 15.3. The van der Waals surface area contributed by atoms with Gasteiger partial charge in [-0.2, -0.15) is 5.10 Å². The molecule has 1 N–H and O–H groups in total. The van der Waals surface area contributed by atoms with E-state index in [1.807, 2.05) is 18.8 Å². The van der Waals surface area contributed by atoms with Crippen LogP contribution in [0.3, 0.4) is 0 Å². The van der Waals surface area contributed by atoms with Crippen LogP contribution in [0.5, 0.6) is 0 Å². The summed E-state index contributed by atoms with van der Waals surface area (Å²) in [7, 11) is 5.94. The van der Waals surface area contributed by atoms with Crippen molar-refractivity contribution < 1.29 is 0 Å². The van der Waals surface area contributed by atoms with Gasteiger partial charge in [-0.25, -0.2) is 0 Å².